The van der Waals surface area contributed by atoms with E-state index in [2.05, 4.69) is 20.6 Å². The highest BCUT2D eigenvalue weighted by molar-refractivity contribution is 5.93. The lowest BCUT2D eigenvalue weighted by Gasteiger charge is -2.20. The largest absolute Gasteiger partial charge is 0.387 e. The third-order valence-electron chi connectivity index (χ3n) is 7.18. The number of amides is 2. The van der Waals surface area contributed by atoms with Crippen molar-refractivity contribution in [3.8, 4) is 0 Å². The van der Waals surface area contributed by atoms with Crippen LogP contribution in [0.1, 0.15) is 46.6 Å². The number of rotatable bonds is 11. The molecular formula is C29H34N8O5. The molecule has 1 aliphatic heterocycles. The molecule has 1 aliphatic rings. The maximum atomic E-state index is 12.5. The van der Waals surface area contributed by atoms with Crippen molar-refractivity contribution in [1.82, 2.24) is 24.8 Å². The monoisotopic (exact) mass is 574 g/mol. The average molecular weight is 575 g/mol. The van der Waals surface area contributed by atoms with Gasteiger partial charge in [-0.1, -0.05) is 60.7 Å². The van der Waals surface area contributed by atoms with Crippen molar-refractivity contribution in [2.45, 2.75) is 43.8 Å². The van der Waals surface area contributed by atoms with E-state index < -0.39 is 36.4 Å². The van der Waals surface area contributed by atoms with Crippen molar-refractivity contribution in [1.29, 1.82) is 0 Å². The molecule has 2 amide bonds. The van der Waals surface area contributed by atoms with Crippen molar-refractivity contribution in [2.24, 2.45) is 11.5 Å². The number of nitrogens with one attached hydrogen (secondary N) is 2. The Balaban J connectivity index is 1.58. The van der Waals surface area contributed by atoms with Gasteiger partial charge >= 0.3 is 0 Å². The first kappa shape index (κ1) is 29.1. The summed E-state index contributed by atoms with van der Waals surface area (Å²) in [7, 11) is 0. The Hall–Kier alpha value is -4.43. The predicted octanol–water partition coefficient (Wildman–Crippen LogP) is 0.426. The van der Waals surface area contributed by atoms with Gasteiger partial charge in [-0.25, -0.2) is 15.0 Å². The quantitative estimate of drug-likeness (QED) is 0.146. The highest BCUT2D eigenvalue weighted by atomic mass is 16.6. The molecule has 2 aromatic carbocycles. The average Bonchev–Trinajstić information content (AvgIpc) is 3.50. The van der Waals surface area contributed by atoms with Crippen molar-refractivity contribution in [3.63, 3.8) is 0 Å². The van der Waals surface area contributed by atoms with Crippen LogP contribution in [0.25, 0.3) is 11.2 Å². The number of hydrogen-bond donors (Lipinski definition) is 6. The van der Waals surface area contributed by atoms with Gasteiger partial charge in [0, 0.05) is 25.4 Å². The Labute approximate surface area is 241 Å². The number of aromatic nitrogens is 4. The second kappa shape index (κ2) is 12.6. The second-order valence-corrected chi connectivity index (χ2v) is 9.95. The van der Waals surface area contributed by atoms with Crippen LogP contribution in [0.4, 0.5) is 5.82 Å². The minimum atomic E-state index is -1.52. The molecule has 3 heterocycles. The Kier molecular flexibility index (Phi) is 8.73. The van der Waals surface area contributed by atoms with Crippen LogP contribution < -0.4 is 22.1 Å². The van der Waals surface area contributed by atoms with Crippen molar-refractivity contribution in [3.05, 3.63) is 83.4 Å². The first-order valence-corrected chi connectivity index (χ1v) is 13.8. The highest BCUT2D eigenvalue weighted by Crippen LogP contribution is 2.35. The number of imidazole rings is 1. The molecule has 0 spiro atoms. The summed E-state index contributed by atoms with van der Waals surface area (Å²) in [5.74, 6) is -1.19. The number of anilines is 1. The van der Waals surface area contributed by atoms with Gasteiger partial charge in [0.25, 0.3) is 11.8 Å². The molecule has 4 atom stereocenters. The first-order valence-electron chi connectivity index (χ1n) is 13.8. The van der Waals surface area contributed by atoms with Gasteiger partial charge < -0.3 is 37.1 Å². The summed E-state index contributed by atoms with van der Waals surface area (Å²) >= 11 is 0. The molecule has 42 heavy (non-hydrogen) atoms. The molecule has 5 rings (SSSR count). The number of carbonyl (C=O) groups is 2. The number of ether oxygens (including phenoxy) is 1. The zero-order valence-electron chi connectivity index (χ0n) is 23.1. The molecule has 13 nitrogen and oxygen atoms in total. The molecule has 0 aliphatic carbocycles. The third kappa shape index (κ3) is 5.67. The molecule has 1 fully saturated rings. The number of carbonyl (C=O) groups excluding carboxylic acids is 2. The third-order valence-corrected chi connectivity index (χ3v) is 7.18. The maximum Gasteiger partial charge on any atom is 0.286 e. The maximum absolute atomic E-state index is 12.5. The molecule has 1 saturated heterocycles. The molecule has 0 saturated carbocycles. The Morgan fingerprint density at radius 2 is 1.64 bits per heavy atom. The van der Waals surface area contributed by atoms with Gasteiger partial charge in [-0.05, 0) is 24.6 Å². The van der Waals surface area contributed by atoms with Crippen LogP contribution in [-0.2, 0) is 16.0 Å². The number of nitrogens with zero attached hydrogens (tertiary/aromatic N) is 4. The number of likely N-dealkylation sites (N-methyl/N-ethyl adjacent to an activating group) is 1. The lowest BCUT2D eigenvalue weighted by atomic mass is 9.91. The van der Waals surface area contributed by atoms with Crippen LogP contribution in [0.2, 0.25) is 0 Å². The number of benzene rings is 2. The number of primary amides is 1. The molecular weight excluding hydrogens is 540 g/mol. The minimum Gasteiger partial charge on any atom is -0.387 e. The fourth-order valence-corrected chi connectivity index (χ4v) is 5.19. The topological polar surface area (TPSA) is 204 Å². The highest BCUT2D eigenvalue weighted by Gasteiger charge is 2.48. The number of nitrogens with two attached hydrogens (primary N) is 2. The van der Waals surface area contributed by atoms with Gasteiger partial charge in [-0.3, -0.25) is 14.2 Å². The van der Waals surface area contributed by atoms with Crippen molar-refractivity contribution in [2.75, 3.05) is 25.0 Å². The van der Waals surface area contributed by atoms with E-state index in [1.54, 1.807) is 6.92 Å². The summed E-state index contributed by atoms with van der Waals surface area (Å²) in [5, 5.41) is 27.5. The van der Waals surface area contributed by atoms with Crippen LogP contribution in [-0.4, -0.2) is 79.5 Å². The second-order valence-electron chi connectivity index (χ2n) is 9.95. The molecule has 0 bridgehead atoms. The van der Waals surface area contributed by atoms with E-state index in [0.717, 1.165) is 11.1 Å². The van der Waals surface area contributed by atoms with Gasteiger partial charge in [-0.2, -0.15) is 0 Å². The van der Waals surface area contributed by atoms with Crippen LogP contribution in [0.15, 0.2) is 60.7 Å². The van der Waals surface area contributed by atoms with E-state index in [1.165, 1.54) is 4.57 Å². The van der Waals surface area contributed by atoms with Gasteiger partial charge in [0.2, 0.25) is 5.82 Å². The zero-order chi connectivity index (χ0) is 29.8. The van der Waals surface area contributed by atoms with E-state index in [9.17, 15) is 19.8 Å². The zero-order valence-corrected chi connectivity index (χ0v) is 23.1. The van der Waals surface area contributed by atoms with E-state index in [4.69, 9.17) is 21.2 Å². The van der Waals surface area contributed by atoms with Gasteiger partial charge in [0.15, 0.2) is 29.3 Å². The van der Waals surface area contributed by atoms with Crippen molar-refractivity contribution < 1.29 is 24.5 Å². The first-order chi connectivity index (χ1) is 20.3. The summed E-state index contributed by atoms with van der Waals surface area (Å²) in [6.45, 7) is 2.62. The molecule has 220 valence electrons. The van der Waals surface area contributed by atoms with Crippen LogP contribution in [0, 0.1) is 0 Å². The molecule has 13 heteroatoms. The van der Waals surface area contributed by atoms with E-state index in [0.29, 0.717) is 18.9 Å². The lowest BCUT2D eigenvalue weighted by Crippen LogP contribution is -2.42. The number of hydrogen-bond acceptors (Lipinski definition) is 10. The number of fused-ring (bicyclic) bond motifs is 1. The van der Waals surface area contributed by atoms with E-state index >= 15 is 0 Å². The normalized spacial score (nSPS) is 20.2. The summed E-state index contributed by atoms with van der Waals surface area (Å²) in [6, 6.07) is 19.9. The van der Waals surface area contributed by atoms with Gasteiger partial charge in [-0.15, -0.1) is 0 Å². The van der Waals surface area contributed by atoms with E-state index in [-0.39, 0.29) is 41.7 Å². The SMILES string of the molecule is CCNC(=O)[C@H]1O[C@@H](n2c(CCN)nc3c(NCC(c4ccccc4)c4ccccc4)nc(C(N)=O)nc32)[C@H](O)[C@@H]1O. The van der Waals surface area contributed by atoms with Gasteiger partial charge in [0.05, 0.1) is 0 Å². The fraction of sp³-hybridized carbons (Fsp3) is 0.345. The summed E-state index contributed by atoms with van der Waals surface area (Å²) in [6.07, 6.45) is -5.36. The standard InChI is InChI=1S/C29H34N8O5/c1-2-32-28(41)23-21(38)22(39)29(42-23)37-19(13-14-30)34-20-25(35-26(24(31)40)36-27(20)37)33-15-18(16-9-5-3-6-10-16)17-11-7-4-8-12-17/h3-12,18,21-23,29,38-39H,2,13-15,30H2,1H3,(H2,31,40)(H,32,41)(H,33,35,36)/t21-,22+,23-,29+/m0/s1. The van der Waals surface area contributed by atoms with E-state index in [1.807, 2.05) is 60.7 Å². The molecule has 8 N–H and O–H groups in total. The summed E-state index contributed by atoms with van der Waals surface area (Å²) in [5.41, 5.74) is 14.0. The summed E-state index contributed by atoms with van der Waals surface area (Å²) < 4.78 is 7.31. The number of aliphatic hydroxyl groups is 2. The number of aliphatic hydroxyl groups excluding tert-OH is 2. The minimum absolute atomic E-state index is 0.0759. The molecule has 4 aromatic rings. The lowest BCUT2D eigenvalue weighted by molar-refractivity contribution is -0.137. The van der Waals surface area contributed by atoms with Crippen LogP contribution >= 0.6 is 0 Å². The van der Waals surface area contributed by atoms with Crippen LogP contribution in [0.5, 0.6) is 0 Å². The predicted molar refractivity (Wildman–Crippen MR) is 154 cm³/mol. The van der Waals surface area contributed by atoms with Crippen LogP contribution in [0.3, 0.4) is 0 Å². The Morgan fingerprint density at radius 1 is 1.00 bits per heavy atom. The Morgan fingerprint density at radius 3 is 2.21 bits per heavy atom. The fourth-order valence-electron chi connectivity index (χ4n) is 5.19. The summed E-state index contributed by atoms with van der Waals surface area (Å²) in [4.78, 5) is 38.3. The molecule has 0 unspecified atom stereocenters. The van der Waals surface area contributed by atoms with Crippen molar-refractivity contribution >= 4 is 28.8 Å². The Bertz CT molecular complexity index is 1510. The molecule has 2 aromatic heterocycles. The smallest absolute Gasteiger partial charge is 0.286 e. The van der Waals surface area contributed by atoms with Gasteiger partial charge in [0.1, 0.15) is 18.0 Å². The molecule has 0 radical (unpaired) electrons.